The molecule has 0 spiro atoms. The van der Waals surface area contributed by atoms with Gasteiger partial charge in [0.25, 0.3) is 0 Å². The number of nitrogens with one attached hydrogen (secondary N) is 1. The molecule has 3 heteroatoms. The quantitative estimate of drug-likeness (QED) is 0.861. The number of likely N-dealkylation sites (N-methyl/N-ethyl adjacent to an activating group) is 1. The van der Waals surface area contributed by atoms with Crippen LogP contribution < -0.4 is 5.31 Å². The largest absolute Gasteiger partial charge is 0.304 e. The normalized spacial score (nSPS) is 31.9. The zero-order valence-electron chi connectivity index (χ0n) is 12.2. The van der Waals surface area contributed by atoms with E-state index in [1.54, 1.807) is 24.3 Å². The predicted octanol–water partition coefficient (Wildman–Crippen LogP) is 2.90. The van der Waals surface area contributed by atoms with E-state index in [-0.39, 0.29) is 6.42 Å². The highest BCUT2D eigenvalue weighted by molar-refractivity contribution is 6.31. The number of carbonyl (C=O) groups excluding carboxylic acids is 1. The van der Waals surface area contributed by atoms with Crippen LogP contribution in [0.15, 0.2) is 24.3 Å². The summed E-state index contributed by atoms with van der Waals surface area (Å²) >= 11 is 6.16. The highest BCUT2D eigenvalue weighted by Gasteiger charge is 2.40. The molecule has 1 saturated carbocycles. The van der Waals surface area contributed by atoms with Gasteiger partial charge in [-0.3, -0.25) is 4.79 Å². The molecule has 0 heterocycles. The van der Waals surface area contributed by atoms with Gasteiger partial charge in [-0.15, -0.1) is 0 Å². The maximum Gasteiger partial charge on any atom is 0.157 e. The second kappa shape index (κ2) is 4.56. The first-order valence-electron chi connectivity index (χ1n) is 6.80. The van der Waals surface area contributed by atoms with E-state index in [1.165, 1.54) is 7.05 Å². The zero-order chi connectivity index (χ0) is 14.3. The van der Waals surface area contributed by atoms with Crippen LogP contribution in [0.4, 0.5) is 0 Å². The molecule has 1 aliphatic carbocycles. The van der Waals surface area contributed by atoms with Gasteiger partial charge in [0.05, 0.1) is 0 Å². The summed E-state index contributed by atoms with van der Waals surface area (Å²) in [6.45, 7) is 0. The predicted molar refractivity (Wildman–Crippen MR) is 65.7 cm³/mol. The Labute approximate surface area is 105 Å². The Morgan fingerprint density at radius 2 is 2.25 bits per heavy atom. The van der Waals surface area contributed by atoms with Crippen molar-refractivity contribution < 1.29 is 8.95 Å². The Hall–Kier alpha value is -0.860. The first-order valence-corrected chi connectivity index (χ1v) is 5.73. The van der Waals surface area contributed by atoms with Crippen molar-refractivity contribution in [3.8, 4) is 0 Å². The van der Waals surface area contributed by atoms with Gasteiger partial charge in [-0.1, -0.05) is 36.2 Å². The smallest absolute Gasteiger partial charge is 0.157 e. The van der Waals surface area contributed by atoms with E-state index in [0.29, 0.717) is 23.4 Å². The van der Waals surface area contributed by atoms with Crippen LogP contribution in [0.1, 0.15) is 33.9 Å². The van der Waals surface area contributed by atoms with E-state index in [2.05, 4.69) is 0 Å². The lowest BCUT2D eigenvalue weighted by Gasteiger charge is -2.36. The average molecular weight is 241 g/mol. The molecule has 1 fully saturated rings. The lowest BCUT2D eigenvalue weighted by molar-refractivity contribution is -0.127. The monoisotopic (exact) mass is 240 g/mol. The van der Waals surface area contributed by atoms with Crippen molar-refractivity contribution in [3.05, 3.63) is 34.9 Å². The summed E-state index contributed by atoms with van der Waals surface area (Å²) in [4.78, 5) is 12.6. The van der Waals surface area contributed by atoms with Gasteiger partial charge in [-0.2, -0.15) is 0 Å². The van der Waals surface area contributed by atoms with Gasteiger partial charge in [0.15, 0.2) is 5.78 Å². The molecule has 1 aromatic carbocycles. The number of hydrogen-bond acceptors (Lipinski definition) is 2. The molecule has 0 radical (unpaired) electrons. The molecule has 2 nitrogen and oxygen atoms in total. The molecule has 1 N–H and O–H groups in total. The maximum atomic E-state index is 12.6. The molecule has 0 amide bonds. The van der Waals surface area contributed by atoms with E-state index < -0.39 is 17.7 Å². The third-order valence-corrected chi connectivity index (χ3v) is 3.41. The summed E-state index contributed by atoms with van der Waals surface area (Å²) in [5.41, 5.74) is -0.775. The molecule has 1 aromatic rings. The van der Waals surface area contributed by atoms with Gasteiger partial charge in [0, 0.05) is 14.1 Å². The van der Waals surface area contributed by atoms with Crippen molar-refractivity contribution in [1.29, 1.82) is 0 Å². The third kappa shape index (κ3) is 1.76. The Kier molecular flexibility index (Phi) is 2.35. The van der Waals surface area contributed by atoms with Crippen LogP contribution in [0.5, 0.6) is 0 Å². The van der Waals surface area contributed by atoms with Crippen molar-refractivity contribution in [2.45, 2.75) is 31.2 Å². The first-order chi connectivity index (χ1) is 8.82. The molecule has 0 saturated heterocycles. The second-order valence-electron chi connectivity index (χ2n) is 3.92. The Morgan fingerprint density at radius 3 is 2.94 bits per heavy atom. The Morgan fingerprint density at radius 1 is 1.50 bits per heavy atom. The van der Waals surface area contributed by atoms with Crippen LogP contribution in [0.25, 0.3) is 0 Å². The highest BCUT2D eigenvalue weighted by Crippen LogP contribution is 2.37. The summed E-state index contributed by atoms with van der Waals surface area (Å²) in [6, 6.07) is 6.88. The summed E-state index contributed by atoms with van der Waals surface area (Å²) < 4.78 is 23.7. The average Bonchev–Trinajstić information content (AvgIpc) is 2.33. The van der Waals surface area contributed by atoms with Gasteiger partial charge in [0.1, 0.15) is 6.95 Å². The second-order valence-corrected chi connectivity index (χ2v) is 4.33. The van der Waals surface area contributed by atoms with E-state index in [4.69, 9.17) is 15.8 Å². The van der Waals surface area contributed by atoms with Crippen LogP contribution in [-0.2, 0) is 10.3 Å². The Bertz CT molecular complexity index is 506. The number of rotatable bonds is 2. The molecule has 86 valence electrons. The lowest BCUT2D eigenvalue weighted by atomic mass is 9.75. The van der Waals surface area contributed by atoms with Crippen LogP contribution in [0.2, 0.25) is 6.43 Å². The summed E-state index contributed by atoms with van der Waals surface area (Å²) in [5.74, 6) is -0.572. The fourth-order valence-corrected chi connectivity index (χ4v) is 2.49. The topological polar surface area (TPSA) is 29.1 Å². The number of benzene rings is 1. The molecule has 0 aliphatic heterocycles. The van der Waals surface area contributed by atoms with Crippen molar-refractivity contribution in [3.63, 3.8) is 0 Å². The minimum absolute atomic E-state index is 0.200. The van der Waals surface area contributed by atoms with Gasteiger partial charge in [-0.05, 0) is 31.5 Å². The summed E-state index contributed by atoms with van der Waals surface area (Å²) in [7, 11) is 1.47. The SMILES string of the molecule is [2H]N(C)[C@@]1(c2ccccc2Cl)CCCC([2H])([2H])C1=O. The van der Waals surface area contributed by atoms with Gasteiger partial charge >= 0.3 is 0 Å². The van der Waals surface area contributed by atoms with Crippen molar-refractivity contribution in [2.75, 3.05) is 7.05 Å². The molecule has 1 atom stereocenters. The van der Waals surface area contributed by atoms with Crippen LogP contribution >= 0.6 is 11.6 Å². The van der Waals surface area contributed by atoms with E-state index in [1.807, 2.05) is 0 Å². The number of carbonyl (C=O) groups is 1. The Balaban J connectivity index is 2.62. The van der Waals surface area contributed by atoms with Crippen LogP contribution in [0.3, 0.4) is 0 Å². The molecular formula is C13H16ClNO. The van der Waals surface area contributed by atoms with E-state index >= 15 is 0 Å². The number of Topliss-reactive ketones (excluding diaryl/α,β-unsaturated/α-hetero) is 1. The number of halogens is 1. The van der Waals surface area contributed by atoms with Crippen LogP contribution in [0, 0.1) is 0 Å². The lowest BCUT2D eigenvalue weighted by Crippen LogP contribution is -2.49. The maximum absolute atomic E-state index is 12.6. The molecule has 0 aromatic heterocycles. The molecule has 1 aliphatic rings. The van der Waals surface area contributed by atoms with Gasteiger partial charge in [-0.25, -0.2) is 0 Å². The number of hydrogen-bond donors (Lipinski definition) is 1. The molecule has 16 heavy (non-hydrogen) atoms. The minimum atomic E-state index is -1.91. The summed E-state index contributed by atoms with van der Waals surface area (Å²) in [6.07, 6.45) is -0.749. The standard InChI is InChI=1S/C13H16ClNO/c1-15-13(9-5-4-8-12(13)16)10-6-2-3-7-11(10)14/h2-3,6-7,15H,4-5,8-9H2,1H3/t13-/m1/s1/i8D2/hD. The zero-order valence-corrected chi connectivity index (χ0v) is 9.92. The fraction of sp³-hybridized carbons (Fsp3) is 0.462. The first kappa shape index (κ1) is 8.26. The molecule has 0 bridgehead atoms. The number of ketones is 1. The summed E-state index contributed by atoms with van der Waals surface area (Å²) in [5, 5.41) is 1.45. The molecule has 2 rings (SSSR count). The fourth-order valence-electron chi connectivity index (χ4n) is 2.19. The van der Waals surface area contributed by atoms with Crippen LogP contribution in [-0.4, -0.2) is 12.8 Å². The third-order valence-electron chi connectivity index (χ3n) is 3.08. The van der Waals surface area contributed by atoms with Gasteiger partial charge in [0.2, 0.25) is 0 Å². The highest BCUT2D eigenvalue weighted by atomic mass is 35.5. The van der Waals surface area contributed by atoms with E-state index in [9.17, 15) is 4.79 Å². The molecule has 0 unspecified atom stereocenters. The van der Waals surface area contributed by atoms with E-state index in [0.717, 1.165) is 5.31 Å². The van der Waals surface area contributed by atoms with Crippen molar-refractivity contribution in [1.82, 2.24) is 5.31 Å². The molecular weight excluding hydrogens is 222 g/mol. The van der Waals surface area contributed by atoms with Crippen molar-refractivity contribution in [2.24, 2.45) is 0 Å². The van der Waals surface area contributed by atoms with Crippen molar-refractivity contribution >= 4 is 17.4 Å². The van der Waals surface area contributed by atoms with Gasteiger partial charge < -0.3 is 5.31 Å². The minimum Gasteiger partial charge on any atom is -0.304 e.